The SMILES string of the molecule is O.[Cr].[c-]1ccco1. The maximum absolute atomic E-state index is 4.46. The second-order valence-electron chi connectivity index (χ2n) is 0.731. The Hall–Kier alpha value is -0.228. The van der Waals surface area contributed by atoms with Crippen LogP contribution in [0.5, 0.6) is 0 Å². The van der Waals surface area contributed by atoms with Crippen LogP contribution >= 0.6 is 0 Å². The molecule has 1 heterocycles. The molecule has 0 spiro atoms. The Morgan fingerprint density at radius 1 is 1.43 bits per heavy atom. The van der Waals surface area contributed by atoms with E-state index in [1.165, 1.54) is 0 Å². The van der Waals surface area contributed by atoms with Gasteiger partial charge in [-0.2, -0.15) is 6.07 Å². The van der Waals surface area contributed by atoms with Gasteiger partial charge in [0.15, 0.2) is 0 Å². The molecule has 2 nitrogen and oxygen atoms in total. The van der Waals surface area contributed by atoms with Crippen molar-refractivity contribution in [1.82, 2.24) is 0 Å². The van der Waals surface area contributed by atoms with Gasteiger partial charge in [0.1, 0.15) is 0 Å². The predicted molar refractivity (Wildman–Crippen MR) is 21.2 cm³/mol. The van der Waals surface area contributed by atoms with Gasteiger partial charge in [-0.1, -0.05) is 6.26 Å². The van der Waals surface area contributed by atoms with Crippen molar-refractivity contribution in [1.29, 1.82) is 0 Å². The van der Waals surface area contributed by atoms with Gasteiger partial charge in [0.25, 0.3) is 0 Å². The van der Waals surface area contributed by atoms with Crippen molar-refractivity contribution in [2.45, 2.75) is 0 Å². The molecule has 0 aromatic carbocycles. The van der Waals surface area contributed by atoms with Gasteiger partial charge in [-0.25, -0.2) is 0 Å². The largest absolute Gasteiger partial charge is 0.599 e. The van der Waals surface area contributed by atoms with Gasteiger partial charge in [0.2, 0.25) is 0 Å². The van der Waals surface area contributed by atoms with E-state index in [4.69, 9.17) is 0 Å². The van der Waals surface area contributed by atoms with Gasteiger partial charge in [-0.3, -0.25) is 0 Å². The zero-order valence-corrected chi connectivity index (χ0v) is 4.82. The fourth-order valence-electron chi connectivity index (χ4n) is 0.196. The van der Waals surface area contributed by atoms with Gasteiger partial charge >= 0.3 is 0 Å². The Labute approximate surface area is 52.6 Å². The molecule has 2 N–H and O–H groups in total. The number of furan rings is 1. The second-order valence-corrected chi connectivity index (χ2v) is 0.731. The summed E-state index contributed by atoms with van der Waals surface area (Å²) in [7, 11) is 0. The Bertz CT molecular complexity index is 66.2. The summed E-state index contributed by atoms with van der Waals surface area (Å²) >= 11 is 0. The first-order valence-corrected chi connectivity index (χ1v) is 1.40. The second kappa shape index (κ2) is 5.77. The Morgan fingerprint density at radius 3 is 2.29 bits per heavy atom. The van der Waals surface area contributed by atoms with Crippen LogP contribution in [0.25, 0.3) is 0 Å². The average molecular weight is 137 g/mol. The van der Waals surface area contributed by atoms with Gasteiger partial charge in [0, 0.05) is 17.4 Å². The monoisotopic (exact) mass is 137 g/mol. The van der Waals surface area contributed by atoms with Gasteiger partial charge in [-0.05, 0) is 6.26 Å². The number of hydrogen-bond donors (Lipinski definition) is 0. The first-order chi connectivity index (χ1) is 2.50. The molecule has 0 aliphatic carbocycles. The van der Waals surface area contributed by atoms with E-state index in [2.05, 4.69) is 10.7 Å². The molecule has 1 aromatic heterocycles. The van der Waals surface area contributed by atoms with Crippen LogP contribution in [0.4, 0.5) is 0 Å². The molecule has 0 saturated heterocycles. The summed E-state index contributed by atoms with van der Waals surface area (Å²) in [6.45, 7) is 0. The fourth-order valence-corrected chi connectivity index (χ4v) is 0.196. The van der Waals surface area contributed by atoms with Crippen LogP contribution in [0.2, 0.25) is 0 Å². The maximum Gasteiger partial charge on any atom is 0 e. The van der Waals surface area contributed by atoms with Crippen LogP contribution in [0.1, 0.15) is 0 Å². The van der Waals surface area contributed by atoms with Crippen LogP contribution in [0, 0.1) is 6.26 Å². The molecule has 1 aromatic rings. The van der Waals surface area contributed by atoms with E-state index in [0.717, 1.165) is 0 Å². The van der Waals surface area contributed by atoms with E-state index >= 15 is 0 Å². The molecular formula is C4H5CrO2-. The topological polar surface area (TPSA) is 44.6 Å². The van der Waals surface area contributed by atoms with Crippen LogP contribution < -0.4 is 0 Å². The molecule has 3 heteroatoms. The zero-order chi connectivity index (χ0) is 3.54. The molecule has 0 fully saturated rings. The smallest absolute Gasteiger partial charge is 0 e. The van der Waals surface area contributed by atoms with E-state index in [0.29, 0.717) is 0 Å². The van der Waals surface area contributed by atoms with Crippen molar-refractivity contribution >= 4 is 0 Å². The molecule has 1 rings (SSSR count). The number of hydrogen-bond acceptors (Lipinski definition) is 1. The molecule has 40 valence electrons. The quantitative estimate of drug-likeness (QED) is 0.473. The third-order valence-electron chi connectivity index (χ3n) is 0.379. The van der Waals surface area contributed by atoms with E-state index in [-0.39, 0.29) is 22.8 Å². The van der Waals surface area contributed by atoms with Crippen LogP contribution in [0.15, 0.2) is 22.8 Å². The molecular weight excluding hydrogens is 132 g/mol. The normalized spacial score (nSPS) is 5.71. The average Bonchev–Trinajstić information content (AvgIpc) is 1.76. The molecule has 0 aliphatic heterocycles. The predicted octanol–water partition coefficient (Wildman–Crippen LogP) is 0.253. The minimum absolute atomic E-state index is 0. The van der Waals surface area contributed by atoms with Crippen LogP contribution in [-0.4, -0.2) is 5.48 Å². The summed E-state index contributed by atoms with van der Waals surface area (Å²) < 4.78 is 4.46. The Morgan fingerprint density at radius 2 is 2.14 bits per heavy atom. The first-order valence-electron chi connectivity index (χ1n) is 1.40. The third-order valence-corrected chi connectivity index (χ3v) is 0.379. The van der Waals surface area contributed by atoms with Crippen LogP contribution in [0.3, 0.4) is 0 Å². The summed E-state index contributed by atoms with van der Waals surface area (Å²) in [4.78, 5) is 0. The molecule has 0 atom stereocenters. The molecule has 0 amide bonds. The third kappa shape index (κ3) is 3.61. The van der Waals surface area contributed by atoms with E-state index < -0.39 is 0 Å². The molecule has 0 bridgehead atoms. The van der Waals surface area contributed by atoms with Gasteiger partial charge < -0.3 is 9.89 Å². The van der Waals surface area contributed by atoms with Crippen molar-refractivity contribution in [2.75, 3.05) is 0 Å². The minimum atomic E-state index is 0. The summed E-state index contributed by atoms with van der Waals surface area (Å²) in [6, 6.07) is 3.49. The van der Waals surface area contributed by atoms with Crippen molar-refractivity contribution in [3.05, 3.63) is 24.7 Å². The summed E-state index contributed by atoms with van der Waals surface area (Å²) in [5, 5.41) is 0. The van der Waals surface area contributed by atoms with E-state index in [1.807, 2.05) is 0 Å². The number of rotatable bonds is 0. The first kappa shape index (κ1) is 9.91. The van der Waals surface area contributed by atoms with Crippen molar-refractivity contribution in [3.63, 3.8) is 0 Å². The summed E-state index contributed by atoms with van der Waals surface area (Å²) in [6.07, 6.45) is 4.06. The minimum Gasteiger partial charge on any atom is -0.599 e. The fraction of sp³-hybridized carbons (Fsp3) is 0. The molecule has 0 saturated carbocycles. The summed E-state index contributed by atoms with van der Waals surface area (Å²) in [5.41, 5.74) is 0. The van der Waals surface area contributed by atoms with E-state index in [1.54, 1.807) is 18.4 Å². The molecule has 0 aliphatic rings. The maximum atomic E-state index is 4.46. The van der Waals surface area contributed by atoms with Crippen molar-refractivity contribution in [2.24, 2.45) is 0 Å². The molecule has 0 unspecified atom stereocenters. The van der Waals surface area contributed by atoms with Gasteiger partial charge in [0.05, 0.1) is 0 Å². The Balaban J connectivity index is 0. The molecule has 7 heavy (non-hydrogen) atoms. The van der Waals surface area contributed by atoms with Crippen molar-refractivity contribution < 1.29 is 27.3 Å². The van der Waals surface area contributed by atoms with E-state index in [9.17, 15) is 0 Å². The zero-order valence-electron chi connectivity index (χ0n) is 3.55. The van der Waals surface area contributed by atoms with Crippen molar-refractivity contribution in [3.8, 4) is 0 Å². The van der Waals surface area contributed by atoms with Crippen LogP contribution in [-0.2, 0) is 17.4 Å². The summed E-state index contributed by atoms with van der Waals surface area (Å²) in [5.74, 6) is 0. The Kier molecular flexibility index (Phi) is 8.17. The standard InChI is InChI=1S/C4H3O.Cr.H2O/c1-2-4-5-3-1;;/h1-3H;;1H2/q-1;;. The van der Waals surface area contributed by atoms with Gasteiger partial charge in [-0.15, -0.1) is 6.07 Å². The molecule has 0 radical (unpaired) electrons.